The molecule has 0 aliphatic carbocycles. The molecule has 3 amide bonds. The Morgan fingerprint density at radius 1 is 0.861 bits per heavy atom. The molecule has 19 nitrogen and oxygen atoms in total. The van der Waals surface area contributed by atoms with Crippen LogP contribution in [0.5, 0.6) is 11.5 Å². The summed E-state index contributed by atoms with van der Waals surface area (Å²) in [6.45, 7) is 6.30. The minimum absolute atomic E-state index is 0.0101. The van der Waals surface area contributed by atoms with Crippen LogP contribution in [0.1, 0.15) is 81.9 Å². The highest BCUT2D eigenvalue weighted by Gasteiger charge is 2.65. The number of fused-ring (bicyclic) bond motifs is 2. The molecule has 426 valence electrons. The lowest BCUT2D eigenvalue weighted by Crippen LogP contribution is -2.50. The molecule has 6 rings (SSSR count). The van der Waals surface area contributed by atoms with E-state index < -0.39 is 105 Å². The predicted octanol–water partition coefficient (Wildman–Crippen LogP) is 6.25. The van der Waals surface area contributed by atoms with Crippen molar-refractivity contribution in [2.75, 3.05) is 47.1 Å². The van der Waals surface area contributed by atoms with Gasteiger partial charge in [-0.1, -0.05) is 66.4 Å². The highest BCUT2D eigenvalue weighted by atomic mass is 31.2. The van der Waals surface area contributed by atoms with Gasteiger partial charge in [-0.05, 0) is 87.9 Å². The minimum Gasteiger partial charge on any atom is -0.497 e. The Hall–Kier alpha value is -6.83. The maximum absolute atomic E-state index is 13.9. The summed E-state index contributed by atoms with van der Waals surface area (Å²) in [5, 5.41) is 14.9. The van der Waals surface area contributed by atoms with Crippen LogP contribution in [0.3, 0.4) is 0 Å². The van der Waals surface area contributed by atoms with E-state index in [1.807, 2.05) is 87.0 Å². The second-order valence-electron chi connectivity index (χ2n) is 18.7. The van der Waals surface area contributed by atoms with Crippen molar-refractivity contribution in [1.29, 1.82) is 5.26 Å². The van der Waals surface area contributed by atoms with Crippen molar-refractivity contribution in [3.8, 4) is 29.4 Å². The fourth-order valence-corrected chi connectivity index (χ4v) is 10.8. The Labute approximate surface area is 452 Å². The number of ether oxygens (including phenoxy) is 5. The van der Waals surface area contributed by atoms with Crippen LogP contribution in [0, 0.1) is 23.2 Å². The highest BCUT2D eigenvalue weighted by Crippen LogP contribution is 2.56. The van der Waals surface area contributed by atoms with Gasteiger partial charge in [0.2, 0.25) is 5.91 Å². The number of nitrogens with one attached hydrogen (secondary N) is 4. The van der Waals surface area contributed by atoms with Gasteiger partial charge in [0.05, 0.1) is 53.1 Å². The summed E-state index contributed by atoms with van der Waals surface area (Å²) in [4.78, 5) is 65.5. The summed E-state index contributed by atoms with van der Waals surface area (Å²) in [5.74, 6) is 0.361. The molecule has 3 heterocycles. The van der Waals surface area contributed by atoms with Crippen molar-refractivity contribution < 1.29 is 73.5 Å². The molecule has 0 saturated carbocycles. The van der Waals surface area contributed by atoms with Crippen LogP contribution in [0.25, 0.3) is 0 Å². The lowest BCUT2D eigenvalue weighted by molar-refractivity contribution is -0.203. The quantitative estimate of drug-likeness (QED) is 0.0189. The lowest BCUT2D eigenvalue weighted by atomic mass is 9.79. The number of rotatable bonds is 25. The van der Waals surface area contributed by atoms with E-state index in [2.05, 4.69) is 28.2 Å². The fourth-order valence-electron chi connectivity index (χ4n) is 9.01. The van der Waals surface area contributed by atoms with Crippen molar-refractivity contribution in [3.05, 3.63) is 128 Å². The lowest BCUT2D eigenvalue weighted by Gasteiger charge is -2.41. The Morgan fingerprint density at radius 3 is 2.01 bits per heavy atom. The molecule has 2 aliphatic rings. The number of carbonyl (C=O) groups excluding carboxylic acids is 3. The fraction of sp³-hybridized carbons (Fsp3) is 0.472. The number of hydrogen-bond acceptors (Lipinski definition) is 14. The van der Waals surface area contributed by atoms with Crippen LogP contribution in [0.2, 0.25) is 0 Å². The molecule has 0 spiro atoms. The normalized spacial score (nSPS) is 18.8. The van der Waals surface area contributed by atoms with Gasteiger partial charge in [0, 0.05) is 24.8 Å². The van der Waals surface area contributed by atoms with E-state index in [9.17, 15) is 55.6 Å². The first kappa shape index (κ1) is 61.4. The summed E-state index contributed by atoms with van der Waals surface area (Å²) in [6.07, 6.45) is -13.8. The van der Waals surface area contributed by atoms with Crippen molar-refractivity contribution in [2.45, 2.75) is 113 Å². The van der Waals surface area contributed by atoms with Crippen molar-refractivity contribution in [2.24, 2.45) is 0 Å². The van der Waals surface area contributed by atoms with Gasteiger partial charge in [-0.15, -0.1) is 0 Å². The summed E-state index contributed by atoms with van der Waals surface area (Å²) < 4.78 is 126. The van der Waals surface area contributed by atoms with E-state index in [4.69, 9.17) is 32.7 Å². The van der Waals surface area contributed by atoms with Crippen molar-refractivity contribution >= 4 is 26.2 Å². The molecule has 2 aliphatic heterocycles. The number of alkyl halides is 6. The topological polar surface area (TPSA) is 234 Å². The zero-order valence-electron chi connectivity index (χ0n) is 43.9. The molecular weight excluding hydrogens is 1070 g/mol. The van der Waals surface area contributed by atoms with Gasteiger partial charge in [-0.25, -0.2) is 9.46 Å². The first-order valence-corrected chi connectivity index (χ1v) is 26.0. The zero-order chi connectivity index (χ0) is 57.7. The van der Waals surface area contributed by atoms with Gasteiger partial charge in [0.25, 0.3) is 14.1 Å². The Balaban J connectivity index is 1.35. The van der Waals surface area contributed by atoms with Crippen LogP contribution in [-0.4, -0.2) is 127 Å². The van der Waals surface area contributed by atoms with Crippen LogP contribution < -0.4 is 36.7 Å². The summed E-state index contributed by atoms with van der Waals surface area (Å²) in [6, 6.07) is 24.1. The van der Waals surface area contributed by atoms with E-state index >= 15 is 0 Å². The van der Waals surface area contributed by atoms with Gasteiger partial charge >= 0.3 is 29.9 Å². The van der Waals surface area contributed by atoms with Crippen molar-refractivity contribution in [1.82, 2.24) is 30.2 Å². The smallest absolute Gasteiger partial charge is 0.471 e. The third-order valence-corrected chi connectivity index (χ3v) is 14.8. The number of halogens is 6. The Morgan fingerprint density at radius 2 is 1.46 bits per heavy atom. The maximum Gasteiger partial charge on any atom is 0.471 e. The summed E-state index contributed by atoms with van der Waals surface area (Å²) >= 11 is 0. The molecule has 1 aromatic heterocycles. The van der Waals surface area contributed by atoms with Gasteiger partial charge in [0.15, 0.2) is 6.23 Å². The van der Waals surface area contributed by atoms with Crippen LogP contribution >= 0.6 is 8.53 Å². The number of unbranched alkanes of at least 4 members (excludes halogenated alkanes) is 1. The van der Waals surface area contributed by atoms with Crippen LogP contribution in [0.15, 0.2) is 94.6 Å². The van der Waals surface area contributed by atoms with E-state index in [1.54, 1.807) is 49.1 Å². The standard InChI is InChI=1S/C53H60F6N7O12P/c1-33(2)66(34(3)4)79(76-29-13-26-60)78-43-42-46(65-30-35(44(67)64-49(65)71)14-12-28-61-45(68)41(63-48(70)53(57,58)59)17-10-11-27-62-47(69)52(54,55)56)77-50(43,31-74-42)32-75-51(36-15-8-7-9-16-36,37-18-22-39(72-5)23-19-37)38-20-24-40(73-6)25-21-38/h7-9,15-16,18-25,30,33-34,41-43,46H,10-11,13,17,27-29,31-32H2,1-6H3,(H,61,68)(H,62,69)(H,63,70)(H,64,67,71)/t41-,42-,43+,46+,50-,79?/m0/s1. The number of nitriles is 1. The molecule has 1 unspecified atom stereocenters. The average Bonchev–Trinajstić information content (AvgIpc) is 4.06. The number of aromatic amines is 1. The number of benzene rings is 3. The monoisotopic (exact) mass is 1130 g/mol. The molecule has 2 saturated heterocycles. The van der Waals surface area contributed by atoms with Crippen LogP contribution in [0.4, 0.5) is 26.3 Å². The number of amides is 3. The second kappa shape index (κ2) is 26.9. The summed E-state index contributed by atoms with van der Waals surface area (Å²) in [5.41, 5.74) is -3.10. The van der Waals surface area contributed by atoms with E-state index in [-0.39, 0.29) is 56.7 Å². The Bertz CT molecular complexity index is 2890. The average molecular weight is 1130 g/mol. The number of nitrogens with zero attached hydrogens (tertiary/aromatic N) is 3. The number of carbonyl (C=O) groups is 3. The largest absolute Gasteiger partial charge is 0.497 e. The molecule has 2 bridgehead atoms. The molecule has 26 heteroatoms. The molecular formula is C53H60F6N7O12P. The summed E-state index contributed by atoms with van der Waals surface area (Å²) in [7, 11) is 1.10. The van der Waals surface area contributed by atoms with E-state index in [0.717, 1.165) is 10.8 Å². The van der Waals surface area contributed by atoms with Crippen LogP contribution in [-0.2, 0) is 43.2 Å². The van der Waals surface area contributed by atoms with E-state index in [1.165, 1.54) is 0 Å². The number of aromatic nitrogens is 2. The maximum atomic E-state index is 13.9. The second-order valence-corrected chi connectivity index (χ2v) is 20.1. The molecule has 4 N–H and O–H groups in total. The number of H-pyrrole nitrogens is 1. The first-order valence-electron chi connectivity index (χ1n) is 24.9. The Kier molecular flexibility index (Phi) is 20.9. The first-order chi connectivity index (χ1) is 37.5. The van der Waals surface area contributed by atoms with E-state index in [0.29, 0.717) is 28.2 Å². The molecule has 0 radical (unpaired) electrons. The molecule has 3 aromatic carbocycles. The SMILES string of the molecule is COc1ccc(C(OC[C@]23CO[C@H]([C@H](n4cc(C#CCNC(=O)[C@H](CCCCNC(=O)C(F)(F)F)NC(=O)C(F)(F)F)c(=O)[nH]c4=O)O2)[C@H]3OP(OCCC#N)N(C(C)C)C(C)C)(c2ccccc2)c2ccc(OC)cc2)cc1. The molecule has 4 aromatic rings. The number of hydrogen-bond donors (Lipinski definition) is 4. The zero-order valence-corrected chi connectivity index (χ0v) is 44.8. The highest BCUT2D eigenvalue weighted by molar-refractivity contribution is 7.44. The van der Waals surface area contributed by atoms with Gasteiger partial charge < -0.3 is 48.7 Å². The van der Waals surface area contributed by atoms with Gasteiger partial charge in [-0.3, -0.25) is 28.7 Å². The van der Waals surface area contributed by atoms with Crippen molar-refractivity contribution in [3.63, 3.8) is 0 Å². The molecule has 6 atom stereocenters. The van der Waals surface area contributed by atoms with Gasteiger partial charge in [-0.2, -0.15) is 31.6 Å². The van der Waals surface area contributed by atoms with Gasteiger partial charge in [0.1, 0.15) is 46.5 Å². The number of methoxy groups -OCH3 is 2. The predicted molar refractivity (Wildman–Crippen MR) is 273 cm³/mol. The third-order valence-electron chi connectivity index (χ3n) is 12.7. The minimum atomic E-state index is -5.40. The molecule has 2 fully saturated rings. The molecule has 79 heavy (non-hydrogen) atoms. The third kappa shape index (κ3) is 14.9.